The largest absolute Gasteiger partial charge is 0.574 e. The second kappa shape index (κ2) is 3.87. The summed E-state index contributed by atoms with van der Waals surface area (Å²) in [5, 5.41) is 0. The highest BCUT2D eigenvalue weighted by molar-refractivity contribution is 5.44. The lowest BCUT2D eigenvalue weighted by Crippen LogP contribution is -2.19. The van der Waals surface area contributed by atoms with Crippen LogP contribution in [-0.4, -0.2) is 11.3 Å². The van der Waals surface area contributed by atoms with Crippen molar-refractivity contribution in [2.45, 2.75) is 13.0 Å². The standard InChI is InChI=1S/C7H5F5N2O/c8-2-3-1-4(13)5(9)6(14-3)15-7(10,11)12/h1H,2H2,(H2,13,14). The van der Waals surface area contributed by atoms with E-state index >= 15 is 0 Å². The molecule has 3 nitrogen and oxygen atoms in total. The summed E-state index contributed by atoms with van der Waals surface area (Å²) < 4.78 is 63.4. The van der Waals surface area contributed by atoms with Crippen LogP contribution in [0.5, 0.6) is 5.88 Å². The van der Waals surface area contributed by atoms with Crippen LogP contribution in [0.2, 0.25) is 0 Å². The van der Waals surface area contributed by atoms with E-state index in [2.05, 4.69) is 9.72 Å². The fraction of sp³-hybridized carbons (Fsp3) is 0.286. The molecule has 0 radical (unpaired) electrons. The number of nitrogens with two attached hydrogens (primary N) is 1. The van der Waals surface area contributed by atoms with Crippen LogP contribution < -0.4 is 10.5 Å². The van der Waals surface area contributed by atoms with Gasteiger partial charge in [-0.15, -0.1) is 13.2 Å². The highest BCUT2D eigenvalue weighted by Gasteiger charge is 2.33. The number of hydrogen-bond donors (Lipinski definition) is 1. The molecule has 15 heavy (non-hydrogen) atoms. The Morgan fingerprint density at radius 3 is 2.47 bits per heavy atom. The number of halogens is 5. The Morgan fingerprint density at radius 1 is 1.40 bits per heavy atom. The van der Waals surface area contributed by atoms with E-state index in [0.717, 1.165) is 6.07 Å². The number of hydrogen-bond acceptors (Lipinski definition) is 3. The van der Waals surface area contributed by atoms with Crippen molar-refractivity contribution in [2.24, 2.45) is 0 Å². The quantitative estimate of drug-likeness (QED) is 0.789. The molecule has 84 valence electrons. The molecule has 0 saturated heterocycles. The van der Waals surface area contributed by atoms with Gasteiger partial charge in [-0.1, -0.05) is 0 Å². The molecule has 2 N–H and O–H groups in total. The van der Waals surface area contributed by atoms with E-state index in [-0.39, 0.29) is 0 Å². The summed E-state index contributed by atoms with van der Waals surface area (Å²) in [6.07, 6.45) is -5.10. The lowest BCUT2D eigenvalue weighted by molar-refractivity contribution is -0.277. The van der Waals surface area contributed by atoms with E-state index in [9.17, 15) is 22.0 Å². The van der Waals surface area contributed by atoms with Crippen LogP contribution in [0.4, 0.5) is 27.6 Å². The molecule has 0 bridgehead atoms. The third-order valence-electron chi connectivity index (χ3n) is 1.36. The second-order valence-corrected chi connectivity index (χ2v) is 2.50. The van der Waals surface area contributed by atoms with Crippen molar-refractivity contribution in [3.05, 3.63) is 17.6 Å². The molecular weight excluding hydrogens is 223 g/mol. The van der Waals surface area contributed by atoms with Crippen molar-refractivity contribution in [3.8, 4) is 5.88 Å². The first-order chi connectivity index (χ1) is 6.83. The van der Waals surface area contributed by atoms with E-state index in [1.165, 1.54) is 0 Å². The number of aromatic nitrogens is 1. The zero-order chi connectivity index (χ0) is 11.6. The summed E-state index contributed by atoms with van der Waals surface area (Å²) in [6, 6.07) is 0.790. The van der Waals surface area contributed by atoms with Gasteiger partial charge in [-0.2, -0.15) is 4.39 Å². The summed E-state index contributed by atoms with van der Waals surface area (Å²) >= 11 is 0. The van der Waals surface area contributed by atoms with E-state index in [1.54, 1.807) is 0 Å². The van der Waals surface area contributed by atoms with E-state index in [0.29, 0.717) is 0 Å². The monoisotopic (exact) mass is 228 g/mol. The average molecular weight is 228 g/mol. The highest BCUT2D eigenvalue weighted by Crippen LogP contribution is 2.27. The normalized spacial score (nSPS) is 11.5. The number of alkyl halides is 4. The Bertz CT molecular complexity index is 365. The van der Waals surface area contributed by atoms with Gasteiger partial charge in [-0.05, 0) is 6.07 Å². The highest BCUT2D eigenvalue weighted by atomic mass is 19.4. The molecule has 0 atom stereocenters. The maximum Gasteiger partial charge on any atom is 0.574 e. The summed E-state index contributed by atoms with van der Waals surface area (Å²) in [7, 11) is 0. The van der Waals surface area contributed by atoms with Gasteiger partial charge in [0.2, 0.25) is 5.82 Å². The van der Waals surface area contributed by atoms with Crippen LogP contribution in [0.25, 0.3) is 0 Å². The van der Waals surface area contributed by atoms with Crippen LogP contribution in [0.3, 0.4) is 0 Å². The molecule has 0 aromatic carbocycles. The van der Waals surface area contributed by atoms with Crippen molar-refractivity contribution in [3.63, 3.8) is 0 Å². The first kappa shape index (κ1) is 11.5. The van der Waals surface area contributed by atoms with E-state index in [1.807, 2.05) is 0 Å². The van der Waals surface area contributed by atoms with Crippen molar-refractivity contribution in [1.29, 1.82) is 0 Å². The lowest BCUT2D eigenvalue weighted by Gasteiger charge is -2.10. The topological polar surface area (TPSA) is 48.1 Å². The van der Waals surface area contributed by atoms with Crippen LogP contribution >= 0.6 is 0 Å². The van der Waals surface area contributed by atoms with Gasteiger partial charge in [0, 0.05) is 0 Å². The van der Waals surface area contributed by atoms with Crippen molar-refractivity contribution < 1.29 is 26.7 Å². The van der Waals surface area contributed by atoms with Gasteiger partial charge in [-0.25, -0.2) is 9.37 Å². The van der Waals surface area contributed by atoms with Crippen molar-refractivity contribution in [2.75, 3.05) is 5.73 Å². The molecule has 1 rings (SSSR count). The van der Waals surface area contributed by atoms with Crippen LogP contribution in [0.15, 0.2) is 6.07 Å². The molecule has 0 spiro atoms. The molecule has 0 aliphatic carbocycles. The number of nitrogens with zero attached hydrogens (tertiary/aromatic N) is 1. The van der Waals surface area contributed by atoms with Gasteiger partial charge >= 0.3 is 6.36 Å². The Morgan fingerprint density at radius 2 is 2.00 bits per heavy atom. The predicted molar refractivity (Wildman–Crippen MR) is 40.1 cm³/mol. The Hall–Kier alpha value is -1.60. The SMILES string of the molecule is Nc1cc(CF)nc(OC(F)(F)F)c1F. The maximum absolute atomic E-state index is 12.9. The number of rotatable bonds is 2. The van der Waals surface area contributed by atoms with Crippen molar-refractivity contribution >= 4 is 5.69 Å². The number of pyridine rings is 1. The van der Waals surface area contributed by atoms with Gasteiger partial charge in [0.25, 0.3) is 5.88 Å². The Balaban J connectivity index is 3.11. The lowest BCUT2D eigenvalue weighted by atomic mass is 10.3. The molecule has 0 saturated carbocycles. The van der Waals surface area contributed by atoms with Gasteiger partial charge in [0.15, 0.2) is 0 Å². The van der Waals surface area contributed by atoms with Gasteiger partial charge in [0.1, 0.15) is 6.67 Å². The zero-order valence-electron chi connectivity index (χ0n) is 7.11. The fourth-order valence-corrected chi connectivity index (χ4v) is 0.824. The molecule has 0 unspecified atom stereocenters. The van der Waals surface area contributed by atoms with E-state index in [4.69, 9.17) is 5.73 Å². The minimum Gasteiger partial charge on any atom is -0.396 e. The maximum atomic E-state index is 12.9. The molecule has 8 heteroatoms. The average Bonchev–Trinajstić information content (AvgIpc) is 2.10. The summed E-state index contributed by atoms with van der Waals surface area (Å²) in [5.74, 6) is -2.85. The number of ether oxygens (including phenoxy) is 1. The second-order valence-electron chi connectivity index (χ2n) is 2.50. The van der Waals surface area contributed by atoms with Gasteiger partial charge in [0.05, 0.1) is 11.4 Å². The molecule has 0 amide bonds. The third kappa shape index (κ3) is 2.93. The molecular formula is C7H5F5N2O. The first-order valence-electron chi connectivity index (χ1n) is 3.60. The molecule has 1 aromatic heterocycles. The van der Waals surface area contributed by atoms with Crippen LogP contribution in [0, 0.1) is 5.82 Å². The van der Waals surface area contributed by atoms with Crippen LogP contribution in [0.1, 0.15) is 5.69 Å². The van der Waals surface area contributed by atoms with Crippen LogP contribution in [-0.2, 0) is 6.67 Å². The molecule has 0 aliphatic rings. The van der Waals surface area contributed by atoms with Gasteiger partial charge < -0.3 is 10.5 Å². The minimum atomic E-state index is -5.10. The summed E-state index contributed by atoms with van der Waals surface area (Å²) in [4.78, 5) is 2.96. The Labute approximate surface area is 80.7 Å². The third-order valence-corrected chi connectivity index (χ3v) is 1.36. The molecule has 1 heterocycles. The fourth-order valence-electron chi connectivity index (χ4n) is 0.824. The number of anilines is 1. The zero-order valence-corrected chi connectivity index (χ0v) is 7.11. The summed E-state index contributed by atoms with van der Waals surface area (Å²) in [6.45, 7) is -1.17. The summed E-state index contributed by atoms with van der Waals surface area (Å²) in [5.41, 5.74) is 3.89. The van der Waals surface area contributed by atoms with Gasteiger partial charge in [-0.3, -0.25) is 0 Å². The van der Waals surface area contributed by atoms with E-state index < -0.39 is 36.1 Å². The molecule has 1 aromatic rings. The minimum absolute atomic E-state index is 0.437. The number of nitrogen functional groups attached to an aromatic ring is 1. The predicted octanol–water partition coefficient (Wildman–Crippen LogP) is 2.17. The smallest absolute Gasteiger partial charge is 0.396 e. The molecule has 0 fully saturated rings. The van der Waals surface area contributed by atoms with Crippen molar-refractivity contribution in [1.82, 2.24) is 4.98 Å². The molecule has 0 aliphatic heterocycles. The Kier molecular flexibility index (Phi) is 2.96. The first-order valence-corrected chi connectivity index (χ1v) is 3.60.